The van der Waals surface area contributed by atoms with Crippen molar-refractivity contribution in [3.8, 4) is 0 Å². The number of hydrogen-bond donors (Lipinski definition) is 0. The molecule has 6 saturated carbocycles. The van der Waals surface area contributed by atoms with Crippen molar-refractivity contribution in [2.45, 2.75) is 272 Å². The van der Waals surface area contributed by atoms with Crippen molar-refractivity contribution >= 4 is 100 Å². The van der Waals surface area contributed by atoms with E-state index in [9.17, 15) is 94.8 Å². The van der Waals surface area contributed by atoms with Crippen LogP contribution in [0, 0.1) is 47.3 Å². The lowest BCUT2D eigenvalue weighted by molar-refractivity contribution is -0.884. The van der Waals surface area contributed by atoms with Gasteiger partial charge in [0, 0.05) is 51.0 Å². The van der Waals surface area contributed by atoms with Gasteiger partial charge < -0.3 is 65.5 Å². The number of ether oxygens (including phenoxy) is 10. The average molecular weight is 1870 g/mol. The van der Waals surface area contributed by atoms with Crippen LogP contribution in [-0.4, -0.2) is 227 Å². The van der Waals surface area contributed by atoms with Gasteiger partial charge in [-0.2, -0.15) is 17.6 Å². The number of esters is 8. The lowest BCUT2D eigenvalue weighted by Gasteiger charge is -2.34. The van der Waals surface area contributed by atoms with Gasteiger partial charge in [0.2, 0.25) is 10.4 Å². The summed E-state index contributed by atoms with van der Waals surface area (Å²) < 4.78 is 203. The minimum atomic E-state index is -6.07. The molecule has 6 aliphatic carbocycles. The van der Waals surface area contributed by atoms with E-state index in [1.54, 1.807) is 0 Å². The molecule has 13 rings (SSSR count). The van der Waals surface area contributed by atoms with Gasteiger partial charge in [0.1, 0.15) is 65.2 Å². The van der Waals surface area contributed by atoms with Gasteiger partial charge in [0.25, 0.3) is 0 Å². The molecule has 14 unspecified atom stereocenters. The molecule has 706 valence electrons. The van der Waals surface area contributed by atoms with Gasteiger partial charge in [-0.05, 0) is 137 Å². The normalized spacial score (nSPS) is 25.7. The van der Waals surface area contributed by atoms with E-state index in [2.05, 4.69) is 155 Å². The molecule has 4 bridgehead atoms. The lowest BCUT2D eigenvalue weighted by atomic mass is 9.78. The molecule has 0 aromatic heterocycles. The molecule has 0 N–H and O–H groups in total. The number of carbonyl (C=O) groups is 8. The predicted octanol–water partition coefficient (Wildman–Crippen LogP) is 11.9. The average Bonchev–Trinajstić information content (AvgIpc) is 1.55. The van der Waals surface area contributed by atoms with Gasteiger partial charge in [-0.25, -0.2) is 25.3 Å². The van der Waals surface area contributed by atoms with E-state index in [1.165, 1.54) is 49.5 Å². The van der Waals surface area contributed by atoms with Crippen molar-refractivity contribution < 1.29 is 151 Å². The lowest BCUT2D eigenvalue weighted by Crippen LogP contribution is -2.45. The fourth-order valence-electron chi connectivity index (χ4n) is 17.4. The van der Waals surface area contributed by atoms with Crippen molar-refractivity contribution in [3.63, 3.8) is 0 Å². The molecular weight excluding hydrogens is 1740 g/mol. The second-order valence-corrected chi connectivity index (χ2v) is 44.3. The van der Waals surface area contributed by atoms with Crippen LogP contribution in [0.1, 0.15) is 204 Å². The first kappa shape index (κ1) is 107. The highest BCUT2D eigenvalue weighted by molar-refractivity contribution is 7.97. The third kappa shape index (κ3) is 28.2. The summed E-state index contributed by atoms with van der Waals surface area (Å²) in [7, 11) is -8.27. The Morgan fingerprint density at radius 3 is 1.10 bits per heavy atom. The molecule has 4 saturated heterocycles. The van der Waals surface area contributed by atoms with Gasteiger partial charge in [-0.1, -0.05) is 125 Å². The monoisotopic (exact) mass is 1870 g/mol. The zero-order chi connectivity index (χ0) is 91.4. The number of fused-ring (bicyclic) bond motifs is 2. The summed E-state index contributed by atoms with van der Waals surface area (Å²) in [6, 6.07) is 29.0. The first-order valence-electron chi connectivity index (χ1n) is 41.6. The van der Waals surface area contributed by atoms with Gasteiger partial charge in [0.15, 0.2) is 42.2 Å². The maximum atomic E-state index is 13.5. The van der Waals surface area contributed by atoms with Crippen LogP contribution < -0.4 is 0 Å². The number of carbonyl (C=O) groups excluding carboxylic acids is 8. The Bertz CT molecular complexity index is 4220. The summed E-state index contributed by atoms with van der Waals surface area (Å²) in [5.41, 5.74) is 3.65. The van der Waals surface area contributed by atoms with Gasteiger partial charge in [0.05, 0.1) is 104 Å². The number of rotatable bonds is 25. The molecule has 0 amide bonds. The van der Waals surface area contributed by atoms with Crippen molar-refractivity contribution in [3.05, 3.63) is 95.6 Å². The molecule has 14 atom stereocenters. The van der Waals surface area contributed by atoms with Crippen molar-refractivity contribution in [2.24, 2.45) is 47.3 Å². The number of quaternary nitrogens is 1. The van der Waals surface area contributed by atoms with Crippen molar-refractivity contribution in [1.82, 2.24) is 0 Å². The van der Waals surface area contributed by atoms with Gasteiger partial charge >= 0.3 is 58.3 Å². The maximum Gasteiger partial charge on any atom is 0.369 e. The van der Waals surface area contributed by atoms with Crippen molar-refractivity contribution in [1.29, 1.82) is 0 Å². The molecule has 10 aliphatic rings. The molecule has 0 radical (unpaired) electrons. The topological polar surface area (TPSA) is 410 Å². The van der Waals surface area contributed by atoms with Crippen LogP contribution in [0.3, 0.4) is 0 Å². The van der Waals surface area contributed by atoms with Gasteiger partial charge in [-0.15, -0.1) is 0 Å². The van der Waals surface area contributed by atoms with Crippen LogP contribution >= 0.6 is 0 Å². The standard InChI is InChI=1S/2C23H30F2O11S.2C14H21OS.C10H16N.CH4O4S.2CH4/c2*1-3-22(8-4-5-9-22)36-21(29)17-13-10-12-16(17)20(28)35-19(12)18(13)34-15(27)7-6-14(26)33-11(2)23(24,25)37(30,31)32;2*1-14(2,3)12-4-6-13(7-5-12)16-10-8-15-9-11-16;1-11(2,3)9-10-7-5-4-6-8-10;1-5-6(2,3)4;;/h2*11-13,16-19H,3-10H2,1-2H3,(H,30,31,32);2*4-7H,8-11H2,1-3H3;4-8H,9H2,1-3H3;1H3,(H,2,3,4);2*1H4/q;;3*+1;;;/p-3. The van der Waals surface area contributed by atoms with E-state index in [1.807, 2.05) is 13.8 Å². The summed E-state index contributed by atoms with van der Waals surface area (Å²) in [6.45, 7) is 23.4. The van der Waals surface area contributed by atoms with Gasteiger partial charge in [-0.3, -0.25) is 42.5 Å². The first-order chi connectivity index (χ1) is 57.2. The number of benzene rings is 3. The molecule has 0 spiro atoms. The van der Waals surface area contributed by atoms with Crippen molar-refractivity contribution in [2.75, 3.05) is 77.7 Å². The quantitative estimate of drug-likeness (QED) is 0.0145. The highest BCUT2D eigenvalue weighted by atomic mass is 32.3. The van der Waals surface area contributed by atoms with E-state index in [0.717, 1.165) is 95.9 Å². The van der Waals surface area contributed by atoms with Crippen LogP contribution in [0.15, 0.2) is 88.7 Å². The first-order valence-corrected chi connectivity index (χ1v) is 48.9. The Morgan fingerprint density at radius 1 is 0.512 bits per heavy atom. The summed E-state index contributed by atoms with van der Waals surface area (Å²) in [5, 5.41) is -9.68. The van der Waals surface area contributed by atoms with E-state index < -0.39 is 198 Å². The molecule has 10 fully saturated rings. The van der Waals surface area contributed by atoms with E-state index >= 15 is 0 Å². The fraction of sp³-hybridized carbons (Fsp3) is 0.701. The van der Waals surface area contributed by atoms with Crippen LogP contribution in [0.25, 0.3) is 0 Å². The molecule has 38 heteroatoms. The summed E-state index contributed by atoms with van der Waals surface area (Å²) >= 11 is 0. The molecular formula is C87H127F4NO28S5. The minimum absolute atomic E-state index is 0. The molecule has 4 aliphatic heterocycles. The third-order valence-electron chi connectivity index (χ3n) is 24.1. The van der Waals surface area contributed by atoms with Crippen LogP contribution in [-0.2, 0) is 160 Å². The van der Waals surface area contributed by atoms with Crippen LogP contribution in [0.2, 0.25) is 0 Å². The van der Waals surface area contributed by atoms with Crippen LogP contribution in [0.4, 0.5) is 17.6 Å². The highest BCUT2D eigenvalue weighted by Crippen LogP contribution is 2.61. The zero-order valence-electron chi connectivity index (χ0n) is 72.2. The molecule has 4 heterocycles. The molecule has 29 nitrogen and oxygen atoms in total. The minimum Gasteiger partial charge on any atom is -0.743 e. The molecule has 3 aromatic carbocycles. The summed E-state index contributed by atoms with van der Waals surface area (Å²) in [5.74, 6) is -6.40. The molecule has 3 aromatic rings. The Hall–Kier alpha value is -6.59. The summed E-state index contributed by atoms with van der Waals surface area (Å²) in [4.78, 5) is 103. The fourth-order valence-corrected chi connectivity index (χ4v) is 22.0. The second-order valence-electron chi connectivity index (χ2n) is 35.7. The number of alkyl halides is 4. The Labute approximate surface area is 739 Å². The van der Waals surface area contributed by atoms with E-state index in [4.69, 9.17) is 37.9 Å². The largest absolute Gasteiger partial charge is 0.743 e. The van der Waals surface area contributed by atoms with E-state index in [0.29, 0.717) is 61.3 Å². The smallest absolute Gasteiger partial charge is 0.369 e. The second kappa shape index (κ2) is 44.3. The molecule has 125 heavy (non-hydrogen) atoms. The van der Waals surface area contributed by atoms with Crippen LogP contribution in [0.5, 0.6) is 0 Å². The third-order valence-corrected chi connectivity index (χ3v) is 31.0. The Morgan fingerprint density at radius 2 is 0.824 bits per heavy atom. The maximum absolute atomic E-state index is 13.5. The number of halogens is 4. The Balaban J connectivity index is 0.000000252. The van der Waals surface area contributed by atoms with E-state index in [-0.39, 0.29) is 37.5 Å². The zero-order valence-corrected chi connectivity index (χ0v) is 76.3. The predicted molar refractivity (Wildman–Crippen MR) is 452 cm³/mol. The summed E-state index contributed by atoms with van der Waals surface area (Å²) in [6.07, 6.45) is -2.19. The SMILES string of the molecule is C.C.CC(C)(C)c1ccc([S+]2CCOCC2)cc1.CC(C)(C)c1ccc([S+]2CCOCC2)cc1.CCC1(OC(=O)C2C3CC4C(OC(=O)C42)C3OC(=O)CCC(=O)OC(C)C(F)(F)S(=O)(=O)[O-])CCCC1.CCC1(OC(=O)C2C3CC4C(OC(=O)C42)C3OC(=O)CCC(=O)OC(C)C(F)(F)S(=O)(=O)[O-])CCCC1.COS(=O)(=O)[O-].C[N+](C)(C)Cc1ccccc1. The highest BCUT2D eigenvalue weighted by Gasteiger charge is 2.72. The number of hydrogen-bond acceptors (Lipinski definition) is 28. The Kier molecular flexibility index (Phi) is 38.0. The number of nitrogens with zero attached hydrogens (tertiary/aromatic N) is 1.